The molecule has 1 N–H and O–H groups in total. The lowest BCUT2D eigenvalue weighted by Crippen LogP contribution is -2.36. The summed E-state index contributed by atoms with van der Waals surface area (Å²) < 4.78 is 36.3. The molecular weight excluding hydrogens is 207 g/mol. The molecule has 0 bridgehead atoms. The fraction of sp³-hybridized carbons (Fsp3) is 0.889. The Morgan fingerprint density at radius 2 is 2.07 bits per heavy atom. The van der Waals surface area contributed by atoms with Crippen molar-refractivity contribution in [3.05, 3.63) is 0 Å². The number of hydrogen-bond donors (Lipinski definition) is 1. The molecule has 0 rings (SSSR count). The summed E-state index contributed by atoms with van der Waals surface area (Å²) in [5.41, 5.74) is 0. The lowest BCUT2D eigenvalue weighted by Gasteiger charge is -2.16. The molecule has 0 saturated heterocycles. The van der Waals surface area contributed by atoms with Crippen LogP contribution >= 0.6 is 0 Å². The van der Waals surface area contributed by atoms with E-state index in [0.29, 0.717) is 13.1 Å². The number of likely N-dealkylation sites (N-methyl/N-ethyl adjacent to an activating group) is 1. The van der Waals surface area contributed by atoms with Gasteiger partial charge in [0.15, 0.2) is 5.92 Å². The van der Waals surface area contributed by atoms with Crippen LogP contribution in [0.2, 0.25) is 0 Å². The highest BCUT2D eigenvalue weighted by Crippen LogP contribution is 2.24. The van der Waals surface area contributed by atoms with Crippen LogP contribution in [0, 0.1) is 17.2 Å². The first-order chi connectivity index (χ1) is 6.91. The Kier molecular flexibility index (Phi) is 6.29. The summed E-state index contributed by atoms with van der Waals surface area (Å²) in [6.45, 7) is 3.61. The third-order valence-corrected chi connectivity index (χ3v) is 2.11. The topological polar surface area (TPSA) is 39.1 Å². The summed E-state index contributed by atoms with van der Waals surface area (Å²) in [5, 5.41) is 10.9. The van der Waals surface area contributed by atoms with E-state index in [2.05, 4.69) is 5.32 Å². The third kappa shape index (κ3) is 6.31. The molecule has 0 fully saturated rings. The minimum absolute atomic E-state index is 0.336. The second-order valence-electron chi connectivity index (χ2n) is 3.32. The van der Waals surface area contributed by atoms with Crippen LogP contribution in [0.5, 0.6) is 0 Å². The molecule has 6 heteroatoms. The van der Waals surface area contributed by atoms with Gasteiger partial charge >= 0.3 is 6.18 Å². The van der Waals surface area contributed by atoms with Gasteiger partial charge in [0.25, 0.3) is 0 Å². The molecule has 0 amide bonds. The number of rotatable bonds is 6. The van der Waals surface area contributed by atoms with Crippen LogP contribution in [0.15, 0.2) is 0 Å². The minimum atomic E-state index is -4.43. The summed E-state index contributed by atoms with van der Waals surface area (Å²) in [6, 6.07) is 1.24. The maximum atomic E-state index is 12.1. The lowest BCUT2D eigenvalue weighted by molar-refractivity contribution is -0.157. The largest absolute Gasteiger partial charge is 0.405 e. The molecule has 0 spiro atoms. The molecule has 0 aromatic rings. The molecule has 0 aromatic heterocycles. The van der Waals surface area contributed by atoms with E-state index in [0.717, 1.165) is 6.54 Å². The first-order valence-electron chi connectivity index (χ1n) is 4.77. The molecule has 1 atom stereocenters. The maximum Gasteiger partial charge on any atom is 0.405 e. The highest BCUT2D eigenvalue weighted by atomic mass is 19.4. The van der Waals surface area contributed by atoms with Crippen molar-refractivity contribution < 1.29 is 13.2 Å². The predicted molar refractivity (Wildman–Crippen MR) is 51.2 cm³/mol. The van der Waals surface area contributed by atoms with E-state index in [4.69, 9.17) is 5.26 Å². The van der Waals surface area contributed by atoms with Gasteiger partial charge in [0, 0.05) is 19.6 Å². The molecule has 15 heavy (non-hydrogen) atoms. The smallest absolute Gasteiger partial charge is 0.314 e. The molecule has 0 heterocycles. The molecular formula is C9H16F3N3. The van der Waals surface area contributed by atoms with Crippen LogP contribution in [-0.4, -0.2) is 44.3 Å². The maximum absolute atomic E-state index is 12.1. The Balaban J connectivity index is 3.71. The molecule has 88 valence electrons. The zero-order valence-corrected chi connectivity index (χ0v) is 8.93. The fourth-order valence-electron chi connectivity index (χ4n) is 0.909. The Morgan fingerprint density at radius 3 is 2.47 bits per heavy atom. The molecule has 0 aliphatic rings. The van der Waals surface area contributed by atoms with E-state index in [1.807, 2.05) is 18.9 Å². The fourth-order valence-corrected chi connectivity index (χ4v) is 0.909. The Hall–Kier alpha value is -0.800. The van der Waals surface area contributed by atoms with Crippen LogP contribution < -0.4 is 5.32 Å². The zero-order valence-electron chi connectivity index (χ0n) is 8.93. The second kappa shape index (κ2) is 6.64. The predicted octanol–water partition coefficient (Wildman–Crippen LogP) is 1.23. The first-order valence-corrected chi connectivity index (χ1v) is 4.77. The van der Waals surface area contributed by atoms with Crippen molar-refractivity contribution in [2.24, 2.45) is 5.92 Å². The standard InChI is InChI=1S/C9H16F3N3/c1-3-15(2)5-4-14-7-8(6-13)9(10,11)12/h8,14H,3-5,7H2,1-2H3. The Bertz CT molecular complexity index is 210. The van der Waals surface area contributed by atoms with Crippen LogP contribution in [0.3, 0.4) is 0 Å². The number of nitrogens with zero attached hydrogens (tertiary/aromatic N) is 2. The van der Waals surface area contributed by atoms with Crippen molar-refractivity contribution in [3.8, 4) is 6.07 Å². The number of halogens is 3. The number of nitrogens with one attached hydrogen (secondary N) is 1. The summed E-state index contributed by atoms with van der Waals surface area (Å²) in [6.07, 6.45) is -4.43. The van der Waals surface area contributed by atoms with Gasteiger partial charge in [-0.05, 0) is 13.6 Å². The van der Waals surface area contributed by atoms with E-state index in [9.17, 15) is 13.2 Å². The third-order valence-electron chi connectivity index (χ3n) is 2.11. The van der Waals surface area contributed by atoms with Crippen LogP contribution in [0.1, 0.15) is 6.92 Å². The molecule has 0 radical (unpaired) electrons. The Labute approximate surface area is 87.9 Å². The van der Waals surface area contributed by atoms with Crippen molar-refractivity contribution in [3.63, 3.8) is 0 Å². The molecule has 0 aliphatic heterocycles. The molecule has 0 aromatic carbocycles. The zero-order chi connectivity index (χ0) is 11.9. The van der Waals surface area contributed by atoms with Crippen molar-refractivity contribution in [2.45, 2.75) is 13.1 Å². The van der Waals surface area contributed by atoms with Gasteiger partial charge in [0.05, 0.1) is 6.07 Å². The van der Waals surface area contributed by atoms with Gasteiger partial charge in [-0.15, -0.1) is 0 Å². The van der Waals surface area contributed by atoms with Gasteiger partial charge in [-0.2, -0.15) is 18.4 Å². The van der Waals surface area contributed by atoms with Crippen LogP contribution in [0.25, 0.3) is 0 Å². The van der Waals surface area contributed by atoms with Gasteiger partial charge in [0.1, 0.15) is 0 Å². The van der Waals surface area contributed by atoms with Gasteiger partial charge in [-0.25, -0.2) is 0 Å². The van der Waals surface area contributed by atoms with Gasteiger partial charge in [-0.1, -0.05) is 6.92 Å². The van der Waals surface area contributed by atoms with Gasteiger partial charge < -0.3 is 10.2 Å². The van der Waals surface area contributed by atoms with Crippen molar-refractivity contribution in [1.29, 1.82) is 5.26 Å². The summed E-state index contributed by atoms with van der Waals surface area (Å²) in [4.78, 5) is 1.97. The number of alkyl halides is 3. The quantitative estimate of drug-likeness (QED) is 0.688. The average Bonchev–Trinajstić information content (AvgIpc) is 2.15. The van der Waals surface area contributed by atoms with E-state index < -0.39 is 12.1 Å². The molecule has 3 nitrogen and oxygen atoms in total. The van der Waals surface area contributed by atoms with Crippen LogP contribution in [-0.2, 0) is 0 Å². The number of hydrogen-bond acceptors (Lipinski definition) is 3. The van der Waals surface area contributed by atoms with E-state index in [1.165, 1.54) is 6.07 Å². The van der Waals surface area contributed by atoms with E-state index >= 15 is 0 Å². The molecule has 0 saturated carbocycles. The summed E-state index contributed by atoms with van der Waals surface area (Å²) in [5.74, 6) is -1.91. The van der Waals surface area contributed by atoms with Crippen molar-refractivity contribution >= 4 is 0 Å². The minimum Gasteiger partial charge on any atom is -0.314 e. The highest BCUT2D eigenvalue weighted by Gasteiger charge is 2.39. The summed E-state index contributed by atoms with van der Waals surface area (Å²) >= 11 is 0. The number of nitriles is 1. The van der Waals surface area contributed by atoms with E-state index in [1.54, 1.807) is 0 Å². The highest BCUT2D eigenvalue weighted by molar-refractivity contribution is 4.89. The van der Waals surface area contributed by atoms with Gasteiger partial charge in [-0.3, -0.25) is 0 Å². The summed E-state index contributed by atoms with van der Waals surface area (Å²) in [7, 11) is 1.88. The van der Waals surface area contributed by atoms with Crippen molar-refractivity contribution in [2.75, 3.05) is 33.2 Å². The van der Waals surface area contributed by atoms with Crippen molar-refractivity contribution in [1.82, 2.24) is 10.2 Å². The monoisotopic (exact) mass is 223 g/mol. The second-order valence-corrected chi connectivity index (χ2v) is 3.32. The molecule has 1 unspecified atom stereocenters. The normalized spacial score (nSPS) is 13.9. The average molecular weight is 223 g/mol. The first kappa shape index (κ1) is 14.2. The SMILES string of the molecule is CCN(C)CCNCC(C#N)C(F)(F)F. The van der Waals surface area contributed by atoms with Crippen LogP contribution in [0.4, 0.5) is 13.2 Å². The lowest BCUT2D eigenvalue weighted by atomic mass is 10.1. The van der Waals surface area contributed by atoms with E-state index in [-0.39, 0.29) is 6.54 Å². The Morgan fingerprint density at radius 1 is 1.47 bits per heavy atom. The van der Waals surface area contributed by atoms with Gasteiger partial charge in [0.2, 0.25) is 0 Å². The molecule has 0 aliphatic carbocycles.